The molecule has 0 unspecified atom stereocenters. The van der Waals surface area contributed by atoms with Crippen molar-refractivity contribution in [2.45, 2.75) is 32.9 Å². The molecule has 7 heteroatoms. The number of rotatable bonds is 6. The van der Waals surface area contributed by atoms with Gasteiger partial charge in [0.15, 0.2) is 17.8 Å². The second kappa shape index (κ2) is 9.74. The second-order valence-electron chi connectivity index (χ2n) is 9.00. The van der Waals surface area contributed by atoms with Crippen molar-refractivity contribution in [3.8, 4) is 5.75 Å². The normalized spacial score (nSPS) is 17.7. The summed E-state index contributed by atoms with van der Waals surface area (Å²) in [5, 5.41) is 6.76. The molecule has 2 heterocycles. The van der Waals surface area contributed by atoms with Gasteiger partial charge in [0.1, 0.15) is 5.75 Å². The Morgan fingerprint density at radius 1 is 0.943 bits per heavy atom. The standard InChI is InChI=1S/C28H29BrN4O2/c1-19-6-9-24(10-7-19)33-28(25-18-21(29)8-15-26(25)35-3)32(27(30-33)20(2)34)23-13-11-22(12-14-23)31-16-4-5-17-31/h6-15,18,28H,4-5,16-17H2,1-3H3/t28-/m1/s1. The first-order chi connectivity index (χ1) is 17.0. The van der Waals surface area contributed by atoms with Crippen LogP contribution in [-0.4, -0.2) is 31.8 Å². The molecule has 0 bridgehead atoms. The van der Waals surface area contributed by atoms with Crippen LogP contribution in [-0.2, 0) is 4.79 Å². The summed E-state index contributed by atoms with van der Waals surface area (Å²) in [6, 6.07) is 22.6. The Kier molecular flexibility index (Phi) is 6.52. The number of amidine groups is 1. The summed E-state index contributed by atoms with van der Waals surface area (Å²) in [5.74, 6) is 1.03. The van der Waals surface area contributed by atoms with Crippen LogP contribution in [0, 0.1) is 6.92 Å². The van der Waals surface area contributed by atoms with Crippen molar-refractivity contribution in [3.05, 3.63) is 82.3 Å². The van der Waals surface area contributed by atoms with E-state index in [4.69, 9.17) is 9.84 Å². The maximum atomic E-state index is 12.9. The molecule has 3 aromatic carbocycles. The minimum absolute atomic E-state index is 0.0952. The molecule has 0 amide bonds. The van der Waals surface area contributed by atoms with E-state index in [2.05, 4.69) is 64.2 Å². The van der Waals surface area contributed by atoms with E-state index in [1.165, 1.54) is 18.5 Å². The van der Waals surface area contributed by atoms with Gasteiger partial charge in [-0.25, -0.2) is 5.01 Å². The van der Waals surface area contributed by atoms with Gasteiger partial charge < -0.3 is 9.64 Å². The molecule has 2 aliphatic rings. The molecular weight excluding hydrogens is 504 g/mol. The maximum absolute atomic E-state index is 12.9. The average Bonchev–Trinajstić information content (AvgIpc) is 3.53. The number of halogens is 1. The number of carbonyl (C=O) groups is 1. The molecule has 1 atom stereocenters. The number of methoxy groups -OCH3 is 1. The minimum Gasteiger partial charge on any atom is -0.496 e. The van der Waals surface area contributed by atoms with E-state index in [9.17, 15) is 4.79 Å². The predicted octanol–water partition coefficient (Wildman–Crippen LogP) is 6.29. The largest absolute Gasteiger partial charge is 0.496 e. The number of Topliss-reactive ketones (excluding diaryl/α,β-unsaturated/α-hetero) is 1. The molecule has 0 N–H and O–H groups in total. The number of anilines is 3. The third-order valence-corrected chi connectivity index (χ3v) is 7.08. The number of hydrogen-bond donors (Lipinski definition) is 0. The lowest BCUT2D eigenvalue weighted by atomic mass is 10.1. The van der Waals surface area contributed by atoms with Gasteiger partial charge >= 0.3 is 0 Å². The molecule has 0 aliphatic carbocycles. The summed E-state index contributed by atoms with van der Waals surface area (Å²) in [6.07, 6.45) is 2.05. The molecule has 0 saturated carbocycles. The zero-order chi connectivity index (χ0) is 24.5. The van der Waals surface area contributed by atoms with Crippen LogP contribution in [0.25, 0.3) is 0 Å². The zero-order valence-electron chi connectivity index (χ0n) is 20.2. The van der Waals surface area contributed by atoms with Crippen LogP contribution in [0.4, 0.5) is 17.1 Å². The first kappa shape index (κ1) is 23.4. The molecular formula is C28H29BrN4O2. The molecule has 180 valence electrons. The topological polar surface area (TPSA) is 48.4 Å². The van der Waals surface area contributed by atoms with Crippen molar-refractivity contribution in [1.82, 2.24) is 0 Å². The van der Waals surface area contributed by atoms with Gasteiger partial charge in [0.25, 0.3) is 0 Å². The highest BCUT2D eigenvalue weighted by Gasteiger charge is 2.40. The highest BCUT2D eigenvalue weighted by molar-refractivity contribution is 9.10. The Balaban J connectivity index is 1.65. The fraction of sp³-hybridized carbons (Fsp3) is 0.286. The van der Waals surface area contributed by atoms with E-state index in [0.29, 0.717) is 5.84 Å². The lowest BCUT2D eigenvalue weighted by Gasteiger charge is -2.33. The van der Waals surface area contributed by atoms with E-state index >= 15 is 0 Å². The quantitative estimate of drug-likeness (QED) is 0.373. The van der Waals surface area contributed by atoms with E-state index in [1.54, 1.807) is 14.0 Å². The van der Waals surface area contributed by atoms with E-state index in [0.717, 1.165) is 45.8 Å². The summed E-state index contributed by atoms with van der Waals surface area (Å²) in [6.45, 7) is 5.80. The minimum atomic E-state index is -0.401. The van der Waals surface area contributed by atoms with Crippen LogP contribution in [0.3, 0.4) is 0 Å². The van der Waals surface area contributed by atoms with Crippen molar-refractivity contribution < 1.29 is 9.53 Å². The Labute approximate surface area is 214 Å². The van der Waals surface area contributed by atoms with Gasteiger partial charge in [-0.1, -0.05) is 33.6 Å². The number of hydrogen-bond acceptors (Lipinski definition) is 6. The summed E-state index contributed by atoms with van der Waals surface area (Å²) in [4.78, 5) is 17.3. The first-order valence-electron chi connectivity index (χ1n) is 11.9. The predicted molar refractivity (Wildman–Crippen MR) is 146 cm³/mol. The number of hydrazone groups is 1. The molecule has 0 spiro atoms. The molecule has 3 aromatic rings. The molecule has 35 heavy (non-hydrogen) atoms. The van der Waals surface area contributed by atoms with Gasteiger partial charge in [-0.15, -0.1) is 5.10 Å². The van der Waals surface area contributed by atoms with Crippen LogP contribution < -0.4 is 19.5 Å². The van der Waals surface area contributed by atoms with Gasteiger partial charge in [0.05, 0.1) is 12.8 Å². The Hall–Kier alpha value is -3.32. The van der Waals surface area contributed by atoms with E-state index in [-0.39, 0.29) is 5.78 Å². The molecule has 6 nitrogen and oxygen atoms in total. The van der Waals surface area contributed by atoms with E-state index in [1.807, 2.05) is 40.2 Å². The fourth-order valence-corrected chi connectivity index (χ4v) is 5.19. The fourth-order valence-electron chi connectivity index (χ4n) is 4.81. The number of benzene rings is 3. The van der Waals surface area contributed by atoms with Gasteiger partial charge in [-0.2, -0.15) is 0 Å². The molecule has 1 fully saturated rings. The lowest BCUT2D eigenvalue weighted by molar-refractivity contribution is -0.111. The SMILES string of the molecule is COc1ccc(Br)cc1[C@H]1N(c2ccc(C)cc2)N=C(C(C)=O)N1c1ccc(N2CCCC2)cc1. The monoisotopic (exact) mass is 532 g/mol. The molecule has 1 saturated heterocycles. The Bertz CT molecular complexity index is 1250. The van der Waals surface area contributed by atoms with Crippen LogP contribution >= 0.6 is 15.9 Å². The smallest absolute Gasteiger partial charge is 0.198 e. The molecule has 0 radical (unpaired) electrons. The third-order valence-electron chi connectivity index (χ3n) is 6.59. The van der Waals surface area contributed by atoms with Crippen LogP contribution in [0.15, 0.2) is 76.3 Å². The average molecular weight is 533 g/mol. The highest BCUT2D eigenvalue weighted by atomic mass is 79.9. The Morgan fingerprint density at radius 3 is 2.20 bits per heavy atom. The second-order valence-corrected chi connectivity index (χ2v) is 9.92. The first-order valence-corrected chi connectivity index (χ1v) is 12.7. The highest BCUT2D eigenvalue weighted by Crippen LogP contribution is 2.43. The van der Waals surface area contributed by atoms with Crippen molar-refractivity contribution in [3.63, 3.8) is 0 Å². The number of ether oxygens (including phenoxy) is 1. The van der Waals surface area contributed by atoms with Gasteiger partial charge in [0.2, 0.25) is 0 Å². The van der Waals surface area contributed by atoms with Crippen LogP contribution in [0.1, 0.15) is 37.1 Å². The van der Waals surface area contributed by atoms with Crippen LogP contribution in [0.5, 0.6) is 5.75 Å². The summed E-state index contributed by atoms with van der Waals surface area (Å²) in [7, 11) is 1.67. The molecule has 5 rings (SSSR count). The maximum Gasteiger partial charge on any atom is 0.198 e. The summed E-state index contributed by atoms with van der Waals surface area (Å²) in [5.41, 5.74) is 5.08. The third kappa shape index (κ3) is 4.52. The number of nitrogens with zero attached hydrogens (tertiary/aromatic N) is 4. The number of ketones is 1. The molecule has 2 aliphatic heterocycles. The van der Waals surface area contributed by atoms with Crippen LogP contribution in [0.2, 0.25) is 0 Å². The van der Waals surface area contributed by atoms with Gasteiger partial charge in [0, 0.05) is 41.4 Å². The van der Waals surface area contributed by atoms with Crippen molar-refractivity contribution in [2.75, 3.05) is 35.0 Å². The lowest BCUT2D eigenvalue weighted by Crippen LogP contribution is -2.38. The van der Waals surface area contributed by atoms with E-state index < -0.39 is 6.17 Å². The van der Waals surface area contributed by atoms with Gasteiger partial charge in [-0.3, -0.25) is 9.69 Å². The van der Waals surface area contributed by atoms with Gasteiger partial charge in [-0.05, 0) is 74.4 Å². The van der Waals surface area contributed by atoms with Crippen molar-refractivity contribution in [1.29, 1.82) is 0 Å². The summed E-state index contributed by atoms with van der Waals surface area (Å²) < 4.78 is 6.69. The number of carbonyl (C=O) groups excluding carboxylic acids is 1. The van der Waals surface area contributed by atoms with Crippen molar-refractivity contribution in [2.24, 2.45) is 5.10 Å². The molecule has 0 aromatic heterocycles. The zero-order valence-corrected chi connectivity index (χ0v) is 21.8. The Morgan fingerprint density at radius 2 is 1.57 bits per heavy atom. The number of aryl methyl sites for hydroxylation is 1. The van der Waals surface area contributed by atoms with Crippen molar-refractivity contribution >= 4 is 44.6 Å². The summed E-state index contributed by atoms with van der Waals surface area (Å²) >= 11 is 3.62.